The molecule has 8 nitrogen and oxygen atoms in total. The summed E-state index contributed by atoms with van der Waals surface area (Å²) in [6.07, 6.45) is 2.81. The summed E-state index contributed by atoms with van der Waals surface area (Å²) < 4.78 is 33.7. The Hall–Kier alpha value is -2.13. The maximum absolute atomic E-state index is 13.5. The molecular formula is C22H31N3O5S. The van der Waals surface area contributed by atoms with Crippen molar-refractivity contribution in [2.24, 2.45) is 11.3 Å². The van der Waals surface area contributed by atoms with E-state index in [1.54, 1.807) is 29.2 Å². The number of fused-ring (bicyclic) bond motifs is 1. The van der Waals surface area contributed by atoms with Crippen molar-refractivity contribution in [3.8, 4) is 5.75 Å². The van der Waals surface area contributed by atoms with Crippen molar-refractivity contribution in [3.05, 3.63) is 24.3 Å². The number of hydrogen-bond acceptors (Lipinski definition) is 5. The molecule has 3 aliphatic heterocycles. The second-order valence-corrected chi connectivity index (χ2v) is 10.8. The standard InChI is InChI=1S/C22H31N3O5S/c1-3-12-30-19-6-8-20(9-7-19)31(28,29)25-14-18-13-24(17(2)26)15-22(18,16-25)21(27)23-10-4-5-11-23/h6-9,18H,3-5,10-16H2,1-2H3. The lowest BCUT2D eigenvalue weighted by atomic mass is 9.79. The Morgan fingerprint density at radius 2 is 1.74 bits per heavy atom. The summed E-state index contributed by atoms with van der Waals surface area (Å²) in [6, 6.07) is 6.46. The van der Waals surface area contributed by atoms with Crippen LogP contribution >= 0.6 is 0 Å². The van der Waals surface area contributed by atoms with Crippen LogP contribution in [0.5, 0.6) is 5.75 Å². The van der Waals surface area contributed by atoms with Gasteiger partial charge < -0.3 is 14.5 Å². The molecule has 0 aliphatic carbocycles. The fourth-order valence-electron chi connectivity index (χ4n) is 5.06. The molecule has 3 heterocycles. The highest BCUT2D eigenvalue weighted by atomic mass is 32.2. The number of hydrogen-bond donors (Lipinski definition) is 0. The van der Waals surface area contributed by atoms with Gasteiger partial charge in [0.25, 0.3) is 0 Å². The molecule has 2 atom stereocenters. The summed E-state index contributed by atoms with van der Waals surface area (Å²) in [4.78, 5) is 29.3. The molecule has 3 aliphatic rings. The predicted octanol–water partition coefficient (Wildman–Crippen LogP) is 1.57. The second kappa shape index (κ2) is 8.43. The van der Waals surface area contributed by atoms with Gasteiger partial charge in [-0.25, -0.2) is 8.42 Å². The van der Waals surface area contributed by atoms with Crippen LogP contribution in [-0.4, -0.2) is 80.2 Å². The highest BCUT2D eigenvalue weighted by Crippen LogP contribution is 2.46. The van der Waals surface area contributed by atoms with E-state index < -0.39 is 15.4 Å². The first kappa shape index (κ1) is 22.1. The largest absolute Gasteiger partial charge is 0.494 e. The summed E-state index contributed by atoms with van der Waals surface area (Å²) in [6.45, 7) is 6.59. The fraction of sp³-hybridized carbons (Fsp3) is 0.636. The molecule has 3 fully saturated rings. The monoisotopic (exact) mass is 449 g/mol. The van der Waals surface area contributed by atoms with Gasteiger partial charge in [-0.1, -0.05) is 6.92 Å². The summed E-state index contributed by atoms with van der Waals surface area (Å²) >= 11 is 0. The van der Waals surface area contributed by atoms with Gasteiger partial charge in [0.15, 0.2) is 0 Å². The first-order chi connectivity index (χ1) is 14.8. The third kappa shape index (κ3) is 3.93. The van der Waals surface area contributed by atoms with Gasteiger partial charge in [0.2, 0.25) is 21.8 Å². The molecule has 0 saturated carbocycles. The smallest absolute Gasteiger partial charge is 0.243 e. The molecular weight excluding hydrogens is 418 g/mol. The molecule has 0 bridgehead atoms. The lowest BCUT2D eigenvalue weighted by Gasteiger charge is -2.32. The van der Waals surface area contributed by atoms with E-state index in [-0.39, 0.29) is 42.3 Å². The lowest BCUT2D eigenvalue weighted by Crippen LogP contribution is -2.49. The number of sulfonamides is 1. The average Bonchev–Trinajstić information content (AvgIpc) is 3.46. The van der Waals surface area contributed by atoms with Crippen molar-refractivity contribution in [3.63, 3.8) is 0 Å². The number of amides is 2. The Kier molecular flexibility index (Phi) is 6.00. The van der Waals surface area contributed by atoms with Crippen LogP contribution in [0.1, 0.15) is 33.1 Å². The maximum Gasteiger partial charge on any atom is 0.243 e. The van der Waals surface area contributed by atoms with Gasteiger partial charge in [0.1, 0.15) is 5.75 Å². The molecule has 170 valence electrons. The van der Waals surface area contributed by atoms with Crippen LogP contribution in [0.2, 0.25) is 0 Å². The van der Waals surface area contributed by atoms with E-state index in [0.29, 0.717) is 32.0 Å². The molecule has 0 spiro atoms. The Bertz CT molecular complexity index is 942. The Morgan fingerprint density at radius 3 is 2.35 bits per heavy atom. The van der Waals surface area contributed by atoms with E-state index in [2.05, 4.69) is 0 Å². The quantitative estimate of drug-likeness (QED) is 0.658. The zero-order chi connectivity index (χ0) is 22.2. The van der Waals surface area contributed by atoms with E-state index in [4.69, 9.17) is 4.74 Å². The molecule has 0 radical (unpaired) electrons. The summed E-state index contributed by atoms with van der Waals surface area (Å²) in [5.41, 5.74) is -0.854. The minimum Gasteiger partial charge on any atom is -0.494 e. The van der Waals surface area contributed by atoms with Crippen molar-refractivity contribution in [1.82, 2.24) is 14.1 Å². The Morgan fingerprint density at radius 1 is 1.06 bits per heavy atom. The van der Waals surface area contributed by atoms with E-state index in [1.807, 2.05) is 11.8 Å². The van der Waals surface area contributed by atoms with Gasteiger partial charge in [-0.3, -0.25) is 9.59 Å². The summed E-state index contributed by atoms with van der Waals surface area (Å²) in [5.74, 6) is 0.378. The van der Waals surface area contributed by atoms with Crippen molar-refractivity contribution in [1.29, 1.82) is 0 Å². The minimum atomic E-state index is -3.75. The van der Waals surface area contributed by atoms with Crippen LogP contribution < -0.4 is 4.74 Å². The molecule has 4 rings (SSSR count). The van der Waals surface area contributed by atoms with E-state index in [9.17, 15) is 18.0 Å². The normalized spacial score (nSPS) is 26.3. The van der Waals surface area contributed by atoms with Gasteiger partial charge in [-0.15, -0.1) is 0 Å². The zero-order valence-electron chi connectivity index (χ0n) is 18.2. The van der Waals surface area contributed by atoms with Crippen molar-refractivity contribution in [2.45, 2.75) is 38.0 Å². The number of likely N-dealkylation sites (tertiary alicyclic amines) is 2. The SMILES string of the molecule is CCCOc1ccc(S(=O)(=O)N2CC3CN(C(C)=O)CC3(C(=O)N3CCCC3)C2)cc1. The molecule has 0 aromatic heterocycles. The maximum atomic E-state index is 13.5. The van der Waals surface area contributed by atoms with Crippen LogP contribution in [0.3, 0.4) is 0 Å². The molecule has 9 heteroatoms. The van der Waals surface area contributed by atoms with Crippen LogP contribution in [0.4, 0.5) is 0 Å². The summed E-state index contributed by atoms with van der Waals surface area (Å²) in [5, 5.41) is 0. The number of benzene rings is 1. The Labute approximate surface area is 184 Å². The van der Waals surface area contributed by atoms with Gasteiger partial charge in [0, 0.05) is 52.1 Å². The third-order valence-corrected chi connectivity index (χ3v) is 8.60. The molecule has 31 heavy (non-hydrogen) atoms. The van der Waals surface area contributed by atoms with Crippen LogP contribution in [0, 0.1) is 11.3 Å². The topological polar surface area (TPSA) is 87.2 Å². The predicted molar refractivity (Wildman–Crippen MR) is 115 cm³/mol. The highest BCUT2D eigenvalue weighted by molar-refractivity contribution is 7.89. The first-order valence-corrected chi connectivity index (χ1v) is 12.5. The van der Waals surface area contributed by atoms with Crippen molar-refractivity contribution in [2.75, 3.05) is 45.9 Å². The number of carbonyl (C=O) groups excluding carboxylic acids is 2. The summed E-state index contributed by atoms with van der Waals surface area (Å²) in [7, 11) is -3.75. The number of carbonyl (C=O) groups is 2. The molecule has 2 amide bonds. The minimum absolute atomic E-state index is 0.000219. The van der Waals surface area contributed by atoms with Crippen LogP contribution in [0.25, 0.3) is 0 Å². The lowest BCUT2D eigenvalue weighted by molar-refractivity contribution is -0.141. The van der Waals surface area contributed by atoms with Crippen molar-refractivity contribution >= 4 is 21.8 Å². The molecule has 2 unspecified atom stereocenters. The van der Waals surface area contributed by atoms with Gasteiger partial charge in [-0.2, -0.15) is 4.31 Å². The van der Waals surface area contributed by atoms with Crippen LogP contribution in [-0.2, 0) is 19.6 Å². The number of nitrogens with zero attached hydrogens (tertiary/aromatic N) is 3. The molecule has 3 saturated heterocycles. The molecule has 0 N–H and O–H groups in total. The fourth-order valence-corrected chi connectivity index (χ4v) is 6.61. The van der Waals surface area contributed by atoms with Gasteiger partial charge in [-0.05, 0) is 43.5 Å². The van der Waals surface area contributed by atoms with E-state index in [1.165, 1.54) is 11.2 Å². The molecule has 1 aromatic carbocycles. The number of ether oxygens (including phenoxy) is 1. The first-order valence-electron chi connectivity index (χ1n) is 11.1. The van der Waals surface area contributed by atoms with Gasteiger partial charge >= 0.3 is 0 Å². The second-order valence-electron chi connectivity index (χ2n) is 8.87. The van der Waals surface area contributed by atoms with Crippen molar-refractivity contribution < 1.29 is 22.7 Å². The third-order valence-electron chi connectivity index (χ3n) is 6.78. The van der Waals surface area contributed by atoms with E-state index in [0.717, 1.165) is 19.3 Å². The van der Waals surface area contributed by atoms with Gasteiger partial charge in [0.05, 0.1) is 16.9 Å². The average molecular weight is 450 g/mol. The zero-order valence-corrected chi connectivity index (χ0v) is 19.1. The number of rotatable bonds is 6. The van der Waals surface area contributed by atoms with E-state index >= 15 is 0 Å². The van der Waals surface area contributed by atoms with Crippen LogP contribution in [0.15, 0.2) is 29.2 Å². The highest BCUT2D eigenvalue weighted by Gasteiger charge is 2.60. The Balaban J connectivity index is 1.58. The molecule has 1 aromatic rings.